The lowest BCUT2D eigenvalue weighted by molar-refractivity contribution is -0.115. The smallest absolute Gasteiger partial charge is 0.243 e. The van der Waals surface area contributed by atoms with E-state index in [0.717, 1.165) is 24.2 Å². The van der Waals surface area contributed by atoms with Crippen molar-refractivity contribution in [2.24, 2.45) is 0 Å². The Balaban J connectivity index is 1.75. The second-order valence-electron chi connectivity index (χ2n) is 6.40. The first-order valence-corrected chi connectivity index (χ1v) is 9.29. The maximum atomic E-state index is 12.6. The summed E-state index contributed by atoms with van der Waals surface area (Å²) in [7, 11) is 0. The van der Waals surface area contributed by atoms with E-state index in [9.17, 15) is 4.79 Å². The van der Waals surface area contributed by atoms with Crippen molar-refractivity contribution >= 4 is 29.0 Å². The molecule has 1 aliphatic rings. The monoisotopic (exact) mass is 340 g/mol. The van der Waals surface area contributed by atoms with Crippen LogP contribution in [0.25, 0.3) is 0 Å². The third-order valence-corrected chi connectivity index (χ3v) is 5.79. The summed E-state index contributed by atoms with van der Waals surface area (Å²) >= 11 is 1.90. The van der Waals surface area contributed by atoms with Gasteiger partial charge in [0.05, 0.1) is 12.2 Å². The Morgan fingerprint density at radius 3 is 2.83 bits per heavy atom. The molecule has 0 bridgehead atoms. The molecular weight excluding hydrogens is 316 g/mol. The molecule has 0 unspecified atom stereocenters. The molecule has 24 heavy (non-hydrogen) atoms. The Kier molecular flexibility index (Phi) is 5.14. The minimum Gasteiger partial charge on any atom is -0.361 e. The fourth-order valence-corrected chi connectivity index (χ4v) is 4.10. The molecule has 0 spiro atoms. The van der Waals surface area contributed by atoms with Gasteiger partial charge in [-0.15, -0.1) is 11.8 Å². The van der Waals surface area contributed by atoms with Gasteiger partial charge in [-0.2, -0.15) is 0 Å². The van der Waals surface area contributed by atoms with Crippen LogP contribution in [0.4, 0.5) is 11.4 Å². The first-order chi connectivity index (χ1) is 11.5. The van der Waals surface area contributed by atoms with Gasteiger partial charge in [0.2, 0.25) is 5.91 Å². The van der Waals surface area contributed by atoms with Gasteiger partial charge in [0.1, 0.15) is 0 Å². The van der Waals surface area contributed by atoms with E-state index in [1.807, 2.05) is 36.9 Å². The normalized spacial score (nSPS) is 17.1. The predicted octanol–water partition coefficient (Wildman–Crippen LogP) is 4.63. The van der Waals surface area contributed by atoms with Crippen LogP contribution in [0.3, 0.4) is 0 Å². The fraction of sp³-hybridized carbons (Fsp3) is 0.350. The van der Waals surface area contributed by atoms with Crippen molar-refractivity contribution in [2.75, 3.05) is 23.3 Å². The Morgan fingerprint density at radius 1 is 1.21 bits per heavy atom. The van der Waals surface area contributed by atoms with E-state index in [4.69, 9.17) is 0 Å². The zero-order valence-corrected chi connectivity index (χ0v) is 15.3. The van der Waals surface area contributed by atoms with E-state index in [1.54, 1.807) is 0 Å². The van der Waals surface area contributed by atoms with Crippen molar-refractivity contribution in [1.29, 1.82) is 0 Å². The summed E-state index contributed by atoms with van der Waals surface area (Å²) in [6, 6.07) is 14.4. The van der Waals surface area contributed by atoms with Gasteiger partial charge >= 0.3 is 0 Å². The van der Waals surface area contributed by atoms with Crippen molar-refractivity contribution in [3.05, 3.63) is 53.6 Å². The Hall–Kier alpha value is -1.94. The number of benzene rings is 2. The van der Waals surface area contributed by atoms with Crippen LogP contribution in [-0.4, -0.2) is 24.2 Å². The Bertz CT molecular complexity index is 744. The number of anilines is 2. The number of para-hydroxylation sites is 1. The number of hydrogen-bond donors (Lipinski definition) is 1. The molecule has 1 heterocycles. The van der Waals surface area contributed by atoms with Gasteiger partial charge in [-0.05, 0) is 49.6 Å². The number of aryl methyl sites for hydroxylation is 1. The molecule has 0 aliphatic carbocycles. The van der Waals surface area contributed by atoms with Gasteiger partial charge in [-0.1, -0.05) is 31.2 Å². The molecule has 3 rings (SSSR count). The zero-order valence-electron chi connectivity index (χ0n) is 14.5. The number of thioether (sulfide) groups is 1. The van der Waals surface area contributed by atoms with Gasteiger partial charge in [0.15, 0.2) is 0 Å². The molecule has 0 radical (unpaired) electrons. The molecule has 0 saturated heterocycles. The first-order valence-electron chi connectivity index (χ1n) is 8.41. The largest absolute Gasteiger partial charge is 0.361 e. The summed E-state index contributed by atoms with van der Waals surface area (Å²) in [6.07, 6.45) is 1.08. The number of hydrogen-bond acceptors (Lipinski definition) is 3. The van der Waals surface area contributed by atoms with Crippen LogP contribution >= 0.6 is 11.8 Å². The van der Waals surface area contributed by atoms with Crippen LogP contribution in [0.15, 0.2) is 47.4 Å². The second-order valence-corrected chi connectivity index (χ2v) is 7.88. The highest BCUT2D eigenvalue weighted by atomic mass is 32.2. The minimum atomic E-state index is 0.0399. The van der Waals surface area contributed by atoms with Crippen LogP contribution in [0.1, 0.15) is 24.5 Å². The van der Waals surface area contributed by atoms with E-state index in [2.05, 4.69) is 48.3 Å². The topological polar surface area (TPSA) is 32.3 Å². The summed E-state index contributed by atoms with van der Waals surface area (Å²) in [6.45, 7) is 7.66. The van der Waals surface area contributed by atoms with E-state index < -0.39 is 0 Å². The average molecular weight is 340 g/mol. The van der Waals surface area contributed by atoms with E-state index >= 15 is 0 Å². The van der Waals surface area contributed by atoms with Gasteiger partial charge in [-0.25, -0.2) is 0 Å². The molecule has 2 aromatic carbocycles. The standard InChI is InChI=1S/C20H24N2OS/c1-14-7-6-8-17(16(14)3)21-20(23)13-22-12-11-15(2)24-19-10-5-4-9-18(19)22/h4-10,15H,11-13H2,1-3H3,(H,21,23)/t15-/m0/s1. The molecule has 1 atom stereocenters. The Morgan fingerprint density at radius 2 is 2.00 bits per heavy atom. The van der Waals surface area contributed by atoms with Crippen molar-refractivity contribution in [1.82, 2.24) is 0 Å². The van der Waals surface area contributed by atoms with E-state index in [1.165, 1.54) is 16.1 Å². The van der Waals surface area contributed by atoms with Gasteiger partial charge in [0, 0.05) is 22.4 Å². The fourth-order valence-electron chi connectivity index (χ4n) is 2.97. The number of nitrogens with one attached hydrogen (secondary N) is 1. The first kappa shape index (κ1) is 16.9. The number of amides is 1. The van der Waals surface area contributed by atoms with Crippen molar-refractivity contribution < 1.29 is 4.79 Å². The molecule has 0 aromatic heterocycles. The molecule has 1 amide bonds. The highest BCUT2D eigenvalue weighted by Crippen LogP contribution is 2.37. The quantitative estimate of drug-likeness (QED) is 0.884. The van der Waals surface area contributed by atoms with Crippen LogP contribution in [0, 0.1) is 13.8 Å². The number of rotatable bonds is 3. The molecule has 0 saturated carbocycles. The third kappa shape index (κ3) is 3.75. The van der Waals surface area contributed by atoms with Crippen molar-refractivity contribution in [2.45, 2.75) is 37.3 Å². The number of nitrogens with zero attached hydrogens (tertiary/aromatic N) is 1. The lowest BCUT2D eigenvalue weighted by Crippen LogP contribution is -2.34. The molecular formula is C20H24N2OS. The van der Waals surface area contributed by atoms with Crippen molar-refractivity contribution in [3.63, 3.8) is 0 Å². The summed E-state index contributed by atoms with van der Waals surface area (Å²) in [5.41, 5.74) is 4.40. The summed E-state index contributed by atoms with van der Waals surface area (Å²) in [5, 5.41) is 3.64. The zero-order chi connectivity index (χ0) is 17.1. The predicted molar refractivity (Wildman–Crippen MR) is 103 cm³/mol. The lowest BCUT2D eigenvalue weighted by atomic mass is 10.1. The second kappa shape index (κ2) is 7.31. The summed E-state index contributed by atoms with van der Waals surface area (Å²) in [5.74, 6) is 0.0399. The van der Waals surface area contributed by atoms with Gasteiger partial charge in [-0.3, -0.25) is 4.79 Å². The highest BCUT2D eigenvalue weighted by Gasteiger charge is 2.21. The Labute approximate surface area is 148 Å². The molecule has 126 valence electrons. The molecule has 3 nitrogen and oxygen atoms in total. The molecule has 0 fully saturated rings. The van der Waals surface area contributed by atoms with Crippen LogP contribution in [-0.2, 0) is 4.79 Å². The lowest BCUT2D eigenvalue weighted by Gasteiger charge is -2.24. The maximum absolute atomic E-state index is 12.6. The summed E-state index contributed by atoms with van der Waals surface area (Å²) in [4.78, 5) is 16.1. The molecule has 4 heteroatoms. The molecule has 2 aromatic rings. The highest BCUT2D eigenvalue weighted by molar-refractivity contribution is 8.00. The van der Waals surface area contributed by atoms with Crippen molar-refractivity contribution in [3.8, 4) is 0 Å². The average Bonchev–Trinajstić information content (AvgIpc) is 2.71. The number of fused-ring (bicyclic) bond motifs is 1. The molecule has 1 aliphatic heterocycles. The SMILES string of the molecule is Cc1cccc(NC(=O)CN2CC[C@H](C)Sc3ccccc32)c1C. The summed E-state index contributed by atoms with van der Waals surface area (Å²) < 4.78 is 0. The maximum Gasteiger partial charge on any atom is 0.243 e. The van der Waals surface area contributed by atoms with E-state index in [-0.39, 0.29) is 5.91 Å². The van der Waals surface area contributed by atoms with Crippen LogP contribution in [0.2, 0.25) is 0 Å². The number of carbonyl (C=O) groups is 1. The minimum absolute atomic E-state index is 0.0399. The van der Waals surface area contributed by atoms with Crippen LogP contribution in [0.5, 0.6) is 0 Å². The van der Waals surface area contributed by atoms with Gasteiger partial charge < -0.3 is 10.2 Å². The van der Waals surface area contributed by atoms with E-state index in [0.29, 0.717) is 11.8 Å². The van der Waals surface area contributed by atoms with Crippen LogP contribution < -0.4 is 10.2 Å². The third-order valence-electron chi connectivity index (χ3n) is 4.55. The molecule has 1 N–H and O–H groups in total. The number of carbonyl (C=O) groups excluding carboxylic acids is 1. The van der Waals surface area contributed by atoms with Gasteiger partial charge in [0.25, 0.3) is 0 Å².